The third kappa shape index (κ3) is 6.01. The van der Waals surface area contributed by atoms with Crippen molar-refractivity contribution < 1.29 is 4.92 Å². The largest absolute Gasteiger partial charge is 0.308 e. The predicted octanol–water partition coefficient (Wildman–Crippen LogP) is 4.66. The predicted molar refractivity (Wildman–Crippen MR) is 85.8 cm³/mol. The number of rotatable bonds is 5. The van der Waals surface area contributed by atoms with E-state index in [4.69, 9.17) is 0 Å². The van der Waals surface area contributed by atoms with E-state index in [0.29, 0.717) is 6.54 Å². The molecule has 0 radical (unpaired) electrons. The number of non-ortho nitro benzene ring substituents is 1. The number of nitrogens with zero attached hydrogens (tertiary/aromatic N) is 1. The van der Waals surface area contributed by atoms with Crippen LogP contribution >= 0.6 is 15.9 Å². The zero-order valence-electron chi connectivity index (χ0n) is 12.8. The van der Waals surface area contributed by atoms with Crippen molar-refractivity contribution in [3.05, 3.63) is 38.3 Å². The highest BCUT2D eigenvalue weighted by atomic mass is 79.9. The number of hydrogen-bond donors (Lipinski definition) is 1. The van der Waals surface area contributed by atoms with E-state index in [1.165, 1.54) is 6.07 Å². The lowest BCUT2D eigenvalue weighted by Crippen LogP contribution is -2.41. The maximum atomic E-state index is 10.9. The van der Waals surface area contributed by atoms with Crippen LogP contribution in [0.25, 0.3) is 0 Å². The highest BCUT2D eigenvalue weighted by Crippen LogP contribution is 2.27. The van der Waals surface area contributed by atoms with Gasteiger partial charge in [-0.1, -0.05) is 36.7 Å². The lowest BCUT2D eigenvalue weighted by Gasteiger charge is -2.33. The smallest absolute Gasteiger partial charge is 0.270 e. The number of nitro groups is 1. The van der Waals surface area contributed by atoms with E-state index < -0.39 is 0 Å². The Hall–Kier alpha value is -0.940. The Morgan fingerprint density at radius 2 is 1.80 bits per heavy atom. The van der Waals surface area contributed by atoms with Crippen LogP contribution in [-0.4, -0.2) is 10.5 Å². The minimum Gasteiger partial charge on any atom is -0.308 e. The summed E-state index contributed by atoms with van der Waals surface area (Å²) in [6, 6.07) is 5.04. The van der Waals surface area contributed by atoms with Gasteiger partial charge in [0.2, 0.25) is 0 Å². The van der Waals surface area contributed by atoms with E-state index in [0.717, 1.165) is 16.5 Å². The molecule has 1 rings (SSSR count). The fourth-order valence-electron chi connectivity index (χ4n) is 2.57. The van der Waals surface area contributed by atoms with Crippen LogP contribution in [0.3, 0.4) is 0 Å². The lowest BCUT2D eigenvalue weighted by atomic mass is 9.82. The summed E-state index contributed by atoms with van der Waals surface area (Å²) < 4.78 is 0.733. The number of nitrogens with one attached hydrogen (secondary N) is 1. The van der Waals surface area contributed by atoms with Crippen LogP contribution < -0.4 is 5.32 Å². The molecular formula is C15H23BrN2O2. The molecule has 0 amide bonds. The fourth-order valence-corrected chi connectivity index (χ4v) is 3.10. The second-order valence-corrected chi connectivity index (χ2v) is 7.97. The van der Waals surface area contributed by atoms with Gasteiger partial charge in [-0.3, -0.25) is 10.1 Å². The first kappa shape index (κ1) is 17.1. The molecule has 0 heterocycles. The van der Waals surface area contributed by atoms with Crippen molar-refractivity contribution in [1.29, 1.82) is 0 Å². The van der Waals surface area contributed by atoms with Crippen molar-refractivity contribution in [1.82, 2.24) is 5.32 Å². The summed E-state index contributed by atoms with van der Waals surface area (Å²) in [6.45, 7) is 11.6. The Kier molecular flexibility index (Phi) is 5.33. The van der Waals surface area contributed by atoms with Crippen LogP contribution in [-0.2, 0) is 6.54 Å². The zero-order valence-corrected chi connectivity index (χ0v) is 14.4. The first-order valence-electron chi connectivity index (χ1n) is 6.67. The van der Waals surface area contributed by atoms with E-state index in [1.54, 1.807) is 6.07 Å². The summed E-state index contributed by atoms with van der Waals surface area (Å²) in [5, 5.41) is 14.3. The summed E-state index contributed by atoms with van der Waals surface area (Å²) >= 11 is 3.32. The lowest BCUT2D eigenvalue weighted by molar-refractivity contribution is -0.385. The third-order valence-electron chi connectivity index (χ3n) is 2.90. The van der Waals surface area contributed by atoms with Crippen molar-refractivity contribution in [2.75, 3.05) is 0 Å². The van der Waals surface area contributed by atoms with E-state index in [9.17, 15) is 10.1 Å². The van der Waals surface area contributed by atoms with Gasteiger partial charge in [0.25, 0.3) is 5.69 Å². The van der Waals surface area contributed by atoms with Crippen molar-refractivity contribution in [2.24, 2.45) is 5.41 Å². The molecule has 0 saturated carbocycles. The molecule has 0 fully saturated rings. The fraction of sp³-hybridized carbons (Fsp3) is 0.600. The van der Waals surface area contributed by atoms with E-state index >= 15 is 0 Å². The molecule has 1 aromatic carbocycles. The monoisotopic (exact) mass is 342 g/mol. The molecule has 0 aliphatic carbocycles. The highest BCUT2D eigenvalue weighted by Gasteiger charge is 2.24. The van der Waals surface area contributed by atoms with E-state index in [-0.39, 0.29) is 21.6 Å². The quantitative estimate of drug-likeness (QED) is 0.625. The van der Waals surface area contributed by atoms with Gasteiger partial charge >= 0.3 is 0 Å². The molecule has 0 atom stereocenters. The van der Waals surface area contributed by atoms with Gasteiger partial charge in [0.1, 0.15) is 0 Å². The molecule has 0 aromatic heterocycles. The first-order chi connectivity index (χ1) is 8.98. The first-order valence-corrected chi connectivity index (χ1v) is 7.47. The summed E-state index contributed by atoms with van der Waals surface area (Å²) in [5.74, 6) is 0. The van der Waals surface area contributed by atoms with Crippen LogP contribution in [0.2, 0.25) is 0 Å². The topological polar surface area (TPSA) is 55.2 Å². The molecule has 4 nitrogen and oxygen atoms in total. The number of halogens is 1. The van der Waals surface area contributed by atoms with Crippen molar-refractivity contribution in [3.63, 3.8) is 0 Å². The molecular weight excluding hydrogens is 320 g/mol. The minimum atomic E-state index is -0.367. The summed E-state index contributed by atoms with van der Waals surface area (Å²) in [4.78, 5) is 10.5. The van der Waals surface area contributed by atoms with Crippen molar-refractivity contribution >= 4 is 21.6 Å². The molecule has 1 N–H and O–H groups in total. The molecule has 0 saturated heterocycles. The average molecular weight is 343 g/mol. The SMILES string of the molecule is CC(C)(C)CC(C)(C)NCc1cc(Br)cc([N+](=O)[O-])c1. The van der Waals surface area contributed by atoms with E-state index in [2.05, 4.69) is 55.9 Å². The molecule has 0 aliphatic rings. The second-order valence-electron chi connectivity index (χ2n) is 7.05. The minimum absolute atomic E-state index is 0.0185. The molecule has 20 heavy (non-hydrogen) atoms. The van der Waals surface area contributed by atoms with Gasteiger partial charge in [-0.05, 0) is 37.3 Å². The van der Waals surface area contributed by atoms with Gasteiger partial charge in [-0.15, -0.1) is 0 Å². The van der Waals surface area contributed by atoms with Gasteiger partial charge in [0.05, 0.1) is 4.92 Å². The number of benzene rings is 1. The Morgan fingerprint density at radius 3 is 2.30 bits per heavy atom. The Labute approximate surface area is 129 Å². The van der Waals surface area contributed by atoms with Crippen LogP contribution in [0, 0.1) is 15.5 Å². The molecule has 0 spiro atoms. The number of nitro benzene ring substituents is 1. The molecule has 0 aliphatic heterocycles. The van der Waals surface area contributed by atoms with Crippen LogP contribution in [0.5, 0.6) is 0 Å². The Morgan fingerprint density at radius 1 is 1.20 bits per heavy atom. The zero-order chi connectivity index (χ0) is 15.6. The number of hydrogen-bond acceptors (Lipinski definition) is 3. The van der Waals surface area contributed by atoms with Crippen LogP contribution in [0.4, 0.5) is 5.69 Å². The summed E-state index contributed by atoms with van der Waals surface area (Å²) in [6.07, 6.45) is 1.02. The van der Waals surface area contributed by atoms with Gasteiger partial charge in [0, 0.05) is 28.7 Å². The van der Waals surface area contributed by atoms with Gasteiger partial charge < -0.3 is 5.32 Å². The van der Waals surface area contributed by atoms with Gasteiger partial charge in [-0.2, -0.15) is 0 Å². The summed E-state index contributed by atoms with van der Waals surface area (Å²) in [5.41, 5.74) is 1.24. The Bertz CT molecular complexity index is 493. The molecule has 5 heteroatoms. The highest BCUT2D eigenvalue weighted by molar-refractivity contribution is 9.10. The van der Waals surface area contributed by atoms with Crippen molar-refractivity contribution in [3.8, 4) is 0 Å². The normalized spacial score (nSPS) is 12.5. The second kappa shape index (κ2) is 6.22. The van der Waals surface area contributed by atoms with Crippen LogP contribution in [0.15, 0.2) is 22.7 Å². The maximum Gasteiger partial charge on any atom is 0.270 e. The molecule has 0 unspecified atom stereocenters. The molecule has 1 aromatic rings. The average Bonchev–Trinajstić information content (AvgIpc) is 2.22. The standard InChI is InChI=1S/C15H23BrN2O2/c1-14(2,3)10-15(4,5)17-9-11-6-12(16)8-13(7-11)18(19)20/h6-8,17H,9-10H2,1-5H3. The van der Waals surface area contributed by atoms with Gasteiger partial charge in [-0.25, -0.2) is 0 Å². The maximum absolute atomic E-state index is 10.9. The summed E-state index contributed by atoms with van der Waals surface area (Å²) in [7, 11) is 0. The molecule has 112 valence electrons. The Balaban J connectivity index is 2.77. The molecule has 0 bridgehead atoms. The van der Waals surface area contributed by atoms with Crippen LogP contribution in [0.1, 0.15) is 46.6 Å². The van der Waals surface area contributed by atoms with Crippen molar-refractivity contribution in [2.45, 2.75) is 53.1 Å². The van der Waals surface area contributed by atoms with E-state index in [1.807, 2.05) is 6.07 Å². The third-order valence-corrected chi connectivity index (χ3v) is 3.35. The van der Waals surface area contributed by atoms with Gasteiger partial charge in [0.15, 0.2) is 0 Å².